The summed E-state index contributed by atoms with van der Waals surface area (Å²) in [5.41, 5.74) is 3.22. The van der Waals surface area contributed by atoms with Crippen LogP contribution in [-0.4, -0.2) is 22.4 Å². The zero-order valence-corrected chi connectivity index (χ0v) is 17.1. The first-order valence-electron chi connectivity index (χ1n) is 10.1. The molecule has 0 atom stereocenters. The van der Waals surface area contributed by atoms with E-state index in [-0.39, 0.29) is 18.1 Å². The second-order valence-corrected chi connectivity index (χ2v) is 7.21. The van der Waals surface area contributed by atoms with E-state index in [1.165, 1.54) is 17.8 Å². The minimum Gasteiger partial charge on any atom is -0.444 e. The Hall–Kier alpha value is -3.74. The molecule has 0 unspecified atom stereocenters. The Morgan fingerprint density at radius 3 is 2.71 bits per heavy atom. The van der Waals surface area contributed by atoms with Gasteiger partial charge in [0.15, 0.2) is 11.7 Å². The summed E-state index contributed by atoms with van der Waals surface area (Å²) in [6, 6.07) is 14.3. The van der Waals surface area contributed by atoms with Gasteiger partial charge in [-0.3, -0.25) is 4.79 Å². The number of aromatic nitrogens is 2. The van der Waals surface area contributed by atoms with Crippen LogP contribution in [0, 0.1) is 12.7 Å². The number of aryl methyl sites for hydroxylation is 2. The zero-order chi connectivity index (χ0) is 21.6. The highest BCUT2D eigenvalue weighted by Crippen LogP contribution is 2.23. The number of oxazole rings is 2. The molecule has 2 aromatic carbocycles. The Kier molecular flexibility index (Phi) is 6.21. The lowest BCUT2D eigenvalue weighted by Gasteiger charge is -2.02. The maximum Gasteiger partial charge on any atom is 0.226 e. The van der Waals surface area contributed by atoms with Crippen LogP contribution in [0.25, 0.3) is 22.8 Å². The monoisotopic (exact) mass is 419 g/mol. The summed E-state index contributed by atoms with van der Waals surface area (Å²) in [5.74, 6) is 0.821. The number of hydrogen-bond acceptors (Lipinski definition) is 5. The summed E-state index contributed by atoms with van der Waals surface area (Å²) in [6.07, 6.45) is 4.21. The van der Waals surface area contributed by atoms with Crippen molar-refractivity contribution >= 4 is 5.91 Å². The summed E-state index contributed by atoms with van der Waals surface area (Å²) in [5, 5.41) is 2.86. The lowest BCUT2D eigenvalue weighted by molar-refractivity contribution is -0.121. The Morgan fingerprint density at radius 1 is 1.10 bits per heavy atom. The molecule has 7 heteroatoms. The van der Waals surface area contributed by atoms with Crippen molar-refractivity contribution in [3.05, 3.63) is 84.0 Å². The molecule has 2 aromatic heterocycles. The van der Waals surface area contributed by atoms with Gasteiger partial charge in [0.2, 0.25) is 11.8 Å². The molecular formula is C24H22FN3O3. The Labute approximate surface area is 179 Å². The van der Waals surface area contributed by atoms with Crippen LogP contribution < -0.4 is 5.32 Å². The van der Waals surface area contributed by atoms with E-state index in [9.17, 15) is 9.18 Å². The molecule has 1 N–H and O–H groups in total. The summed E-state index contributed by atoms with van der Waals surface area (Å²) < 4.78 is 24.9. The van der Waals surface area contributed by atoms with Gasteiger partial charge < -0.3 is 14.2 Å². The molecule has 6 nitrogen and oxygen atoms in total. The number of carbonyl (C=O) groups excluding carboxylic acids is 1. The van der Waals surface area contributed by atoms with Crippen molar-refractivity contribution in [1.29, 1.82) is 0 Å². The molecule has 4 aromatic rings. The maximum atomic E-state index is 13.8. The van der Waals surface area contributed by atoms with Gasteiger partial charge in [0.05, 0.1) is 17.5 Å². The third kappa shape index (κ3) is 5.25. The predicted molar refractivity (Wildman–Crippen MR) is 114 cm³/mol. The number of hydrogen-bond donors (Lipinski definition) is 1. The first kappa shape index (κ1) is 20.5. The van der Waals surface area contributed by atoms with Gasteiger partial charge in [0.1, 0.15) is 12.1 Å². The quantitative estimate of drug-likeness (QED) is 0.446. The van der Waals surface area contributed by atoms with E-state index in [2.05, 4.69) is 15.3 Å². The van der Waals surface area contributed by atoms with Crippen LogP contribution in [0.4, 0.5) is 4.39 Å². The summed E-state index contributed by atoms with van der Waals surface area (Å²) in [6.45, 7) is 2.47. The first-order chi connectivity index (χ1) is 15.1. The highest BCUT2D eigenvalue weighted by Gasteiger charge is 2.12. The lowest BCUT2D eigenvalue weighted by Crippen LogP contribution is -2.26. The van der Waals surface area contributed by atoms with Gasteiger partial charge in [0, 0.05) is 31.4 Å². The minimum absolute atomic E-state index is 0.118. The third-order valence-corrected chi connectivity index (χ3v) is 4.81. The smallest absolute Gasteiger partial charge is 0.226 e. The van der Waals surface area contributed by atoms with Gasteiger partial charge in [-0.15, -0.1) is 0 Å². The average Bonchev–Trinajstić information content (AvgIpc) is 3.43. The van der Waals surface area contributed by atoms with E-state index in [0.29, 0.717) is 42.5 Å². The topological polar surface area (TPSA) is 81.2 Å². The number of rotatable bonds is 8. The summed E-state index contributed by atoms with van der Waals surface area (Å²) in [7, 11) is 0. The van der Waals surface area contributed by atoms with Crippen molar-refractivity contribution in [3.63, 3.8) is 0 Å². The fourth-order valence-corrected chi connectivity index (χ4v) is 3.10. The van der Waals surface area contributed by atoms with Crippen LogP contribution in [0.2, 0.25) is 0 Å². The standard InChI is InChI=1S/C24H22FN3O3/c1-16-6-8-17(9-7-16)24-28-18(15-30-24)12-13-26-22(29)10-11-23-27-14-21(31-23)19-4-2-3-5-20(19)25/h2-9,14-15H,10-13H2,1H3,(H,26,29). The fourth-order valence-electron chi connectivity index (χ4n) is 3.10. The second-order valence-electron chi connectivity index (χ2n) is 7.21. The van der Waals surface area contributed by atoms with Crippen molar-refractivity contribution in [2.24, 2.45) is 0 Å². The average molecular weight is 419 g/mol. The molecule has 2 heterocycles. The highest BCUT2D eigenvalue weighted by molar-refractivity contribution is 5.76. The minimum atomic E-state index is -0.374. The summed E-state index contributed by atoms with van der Waals surface area (Å²) in [4.78, 5) is 20.7. The molecule has 158 valence electrons. The van der Waals surface area contributed by atoms with E-state index in [1.54, 1.807) is 24.5 Å². The van der Waals surface area contributed by atoms with E-state index in [4.69, 9.17) is 8.83 Å². The molecule has 0 saturated heterocycles. The fraction of sp³-hybridized carbons (Fsp3) is 0.208. The molecule has 31 heavy (non-hydrogen) atoms. The molecule has 0 saturated carbocycles. The second kappa shape index (κ2) is 9.38. The van der Waals surface area contributed by atoms with Crippen LogP contribution >= 0.6 is 0 Å². The maximum absolute atomic E-state index is 13.8. The molecule has 0 fully saturated rings. The number of nitrogens with one attached hydrogen (secondary N) is 1. The van der Waals surface area contributed by atoms with Crippen molar-refractivity contribution < 1.29 is 18.0 Å². The Balaban J connectivity index is 1.22. The van der Waals surface area contributed by atoms with Gasteiger partial charge in [0.25, 0.3) is 0 Å². The normalized spacial score (nSPS) is 10.9. The molecule has 0 aliphatic rings. The molecule has 4 rings (SSSR count). The molecule has 1 amide bonds. The molecule has 0 aliphatic heterocycles. The van der Waals surface area contributed by atoms with Gasteiger partial charge in [-0.05, 0) is 31.2 Å². The van der Waals surface area contributed by atoms with Crippen molar-refractivity contribution in [3.8, 4) is 22.8 Å². The van der Waals surface area contributed by atoms with Gasteiger partial charge in [-0.1, -0.05) is 29.8 Å². The Bertz CT molecular complexity index is 1160. The predicted octanol–water partition coefficient (Wildman–Crippen LogP) is 4.74. The van der Waals surface area contributed by atoms with Crippen LogP contribution in [0.15, 0.2) is 69.8 Å². The van der Waals surface area contributed by atoms with E-state index in [0.717, 1.165) is 11.3 Å². The van der Waals surface area contributed by atoms with Crippen molar-refractivity contribution in [1.82, 2.24) is 15.3 Å². The van der Waals surface area contributed by atoms with E-state index < -0.39 is 0 Å². The van der Waals surface area contributed by atoms with Crippen LogP contribution in [-0.2, 0) is 17.6 Å². The third-order valence-electron chi connectivity index (χ3n) is 4.81. The number of benzene rings is 2. The van der Waals surface area contributed by atoms with Crippen molar-refractivity contribution in [2.75, 3.05) is 6.54 Å². The zero-order valence-electron chi connectivity index (χ0n) is 17.1. The van der Waals surface area contributed by atoms with Crippen LogP contribution in [0.1, 0.15) is 23.6 Å². The number of carbonyl (C=O) groups is 1. The van der Waals surface area contributed by atoms with Crippen molar-refractivity contribution in [2.45, 2.75) is 26.2 Å². The number of nitrogens with zero attached hydrogens (tertiary/aromatic N) is 2. The van der Waals surface area contributed by atoms with Crippen LogP contribution in [0.5, 0.6) is 0 Å². The Morgan fingerprint density at radius 2 is 1.90 bits per heavy atom. The van der Waals surface area contributed by atoms with Gasteiger partial charge >= 0.3 is 0 Å². The van der Waals surface area contributed by atoms with Gasteiger partial charge in [-0.25, -0.2) is 14.4 Å². The lowest BCUT2D eigenvalue weighted by atomic mass is 10.1. The first-order valence-corrected chi connectivity index (χ1v) is 10.1. The summed E-state index contributed by atoms with van der Waals surface area (Å²) >= 11 is 0. The molecule has 0 spiro atoms. The molecule has 0 aliphatic carbocycles. The highest BCUT2D eigenvalue weighted by atomic mass is 19.1. The molecule has 0 radical (unpaired) electrons. The molecular weight excluding hydrogens is 397 g/mol. The van der Waals surface area contributed by atoms with E-state index in [1.807, 2.05) is 31.2 Å². The number of halogens is 1. The number of amides is 1. The largest absolute Gasteiger partial charge is 0.444 e. The SMILES string of the molecule is Cc1ccc(-c2nc(CCNC(=O)CCc3ncc(-c4ccccc4F)o3)co2)cc1. The van der Waals surface area contributed by atoms with Gasteiger partial charge in [-0.2, -0.15) is 0 Å². The molecule has 0 bridgehead atoms. The van der Waals surface area contributed by atoms with Crippen LogP contribution in [0.3, 0.4) is 0 Å². The van der Waals surface area contributed by atoms with E-state index >= 15 is 0 Å².